The lowest BCUT2D eigenvalue weighted by Crippen LogP contribution is -2.18. The maximum absolute atomic E-state index is 11.2. The van der Waals surface area contributed by atoms with Gasteiger partial charge in [-0.1, -0.05) is 11.6 Å². The van der Waals surface area contributed by atoms with E-state index >= 15 is 0 Å². The van der Waals surface area contributed by atoms with E-state index in [1.54, 1.807) is 0 Å². The Morgan fingerprint density at radius 1 is 1.43 bits per heavy atom. The van der Waals surface area contributed by atoms with E-state index in [2.05, 4.69) is 5.32 Å². The van der Waals surface area contributed by atoms with Crippen molar-refractivity contribution in [3.8, 4) is 0 Å². The van der Waals surface area contributed by atoms with Crippen LogP contribution in [0.15, 0.2) is 18.2 Å². The predicted octanol–water partition coefficient (Wildman–Crippen LogP) is 1.40. The molecule has 2 N–H and O–H groups in total. The highest BCUT2D eigenvalue weighted by molar-refractivity contribution is 6.34. The van der Waals surface area contributed by atoms with Crippen molar-refractivity contribution in [2.24, 2.45) is 0 Å². The van der Waals surface area contributed by atoms with Crippen molar-refractivity contribution in [2.45, 2.75) is 0 Å². The minimum Gasteiger partial charge on any atom is -0.478 e. The van der Waals surface area contributed by atoms with Crippen molar-refractivity contribution < 1.29 is 14.7 Å². The Hall–Kier alpha value is -1.55. The quantitative estimate of drug-likeness (QED) is 0.781. The monoisotopic (exact) mass is 213 g/mol. The minimum atomic E-state index is -1.07. The van der Waals surface area contributed by atoms with E-state index in [1.165, 1.54) is 25.2 Å². The Kier molecular flexibility index (Phi) is 3.09. The summed E-state index contributed by atoms with van der Waals surface area (Å²) in [5, 5.41) is 11.2. The summed E-state index contributed by atoms with van der Waals surface area (Å²) >= 11 is 5.72. The van der Waals surface area contributed by atoms with Gasteiger partial charge in [0.05, 0.1) is 16.1 Å². The van der Waals surface area contributed by atoms with Gasteiger partial charge in [-0.3, -0.25) is 4.79 Å². The molecule has 5 heteroatoms. The Labute approximate surface area is 85.5 Å². The molecular formula is C9H8ClNO3. The molecule has 0 aromatic heterocycles. The lowest BCUT2D eigenvalue weighted by Gasteiger charge is -2.03. The second-order valence-corrected chi connectivity index (χ2v) is 2.99. The van der Waals surface area contributed by atoms with Crippen molar-refractivity contribution in [3.05, 3.63) is 34.3 Å². The zero-order valence-electron chi connectivity index (χ0n) is 7.37. The first-order valence-electron chi connectivity index (χ1n) is 3.81. The molecule has 0 aliphatic rings. The molecule has 0 aliphatic heterocycles. The Balaban J connectivity index is 3.14. The summed E-state index contributed by atoms with van der Waals surface area (Å²) in [5.74, 6) is -1.41. The first kappa shape index (κ1) is 10.5. The van der Waals surface area contributed by atoms with Gasteiger partial charge >= 0.3 is 5.97 Å². The second kappa shape index (κ2) is 4.11. The summed E-state index contributed by atoms with van der Waals surface area (Å²) in [4.78, 5) is 21.7. The fourth-order valence-corrected chi connectivity index (χ4v) is 1.23. The van der Waals surface area contributed by atoms with E-state index in [1.807, 2.05) is 0 Å². The third-order valence-electron chi connectivity index (χ3n) is 1.69. The average Bonchev–Trinajstić information content (AvgIpc) is 2.16. The molecule has 1 aromatic rings. The maximum atomic E-state index is 11.2. The molecule has 1 aromatic carbocycles. The highest BCUT2D eigenvalue weighted by atomic mass is 35.5. The molecule has 0 saturated heterocycles. The number of rotatable bonds is 2. The number of carbonyl (C=O) groups excluding carboxylic acids is 1. The smallest absolute Gasteiger partial charge is 0.335 e. The Bertz CT molecular complexity index is 390. The van der Waals surface area contributed by atoms with Gasteiger partial charge < -0.3 is 10.4 Å². The van der Waals surface area contributed by atoms with Crippen molar-refractivity contribution in [1.29, 1.82) is 0 Å². The molecule has 14 heavy (non-hydrogen) atoms. The molecule has 0 bridgehead atoms. The van der Waals surface area contributed by atoms with Crippen LogP contribution < -0.4 is 5.32 Å². The Morgan fingerprint density at radius 3 is 2.50 bits per heavy atom. The molecule has 1 rings (SSSR count). The molecule has 0 radical (unpaired) electrons. The maximum Gasteiger partial charge on any atom is 0.335 e. The number of carbonyl (C=O) groups is 2. The fraction of sp³-hybridized carbons (Fsp3) is 0.111. The Morgan fingerprint density at radius 2 is 2.07 bits per heavy atom. The number of carboxylic acids is 1. The molecule has 0 spiro atoms. The zero-order chi connectivity index (χ0) is 10.7. The van der Waals surface area contributed by atoms with Gasteiger partial charge in [-0.05, 0) is 18.2 Å². The largest absolute Gasteiger partial charge is 0.478 e. The number of halogens is 1. The van der Waals surface area contributed by atoms with Crippen LogP contribution in [0.4, 0.5) is 0 Å². The van der Waals surface area contributed by atoms with Gasteiger partial charge in [0.25, 0.3) is 5.91 Å². The van der Waals surface area contributed by atoms with E-state index in [0.29, 0.717) is 0 Å². The van der Waals surface area contributed by atoms with Crippen LogP contribution in [0.25, 0.3) is 0 Å². The van der Waals surface area contributed by atoms with Gasteiger partial charge in [-0.15, -0.1) is 0 Å². The summed E-state index contributed by atoms with van der Waals surface area (Å²) < 4.78 is 0. The van der Waals surface area contributed by atoms with Gasteiger partial charge in [0.1, 0.15) is 0 Å². The topological polar surface area (TPSA) is 66.4 Å². The fourth-order valence-electron chi connectivity index (χ4n) is 0.967. The molecule has 0 unspecified atom stereocenters. The van der Waals surface area contributed by atoms with Crippen molar-refractivity contribution in [1.82, 2.24) is 5.32 Å². The van der Waals surface area contributed by atoms with E-state index in [-0.39, 0.29) is 22.1 Å². The lowest BCUT2D eigenvalue weighted by atomic mass is 10.1. The van der Waals surface area contributed by atoms with Crippen molar-refractivity contribution in [3.63, 3.8) is 0 Å². The van der Waals surface area contributed by atoms with Crippen LogP contribution in [-0.4, -0.2) is 24.0 Å². The van der Waals surface area contributed by atoms with Crippen molar-refractivity contribution in [2.75, 3.05) is 7.05 Å². The van der Waals surface area contributed by atoms with Gasteiger partial charge in [0.2, 0.25) is 0 Å². The van der Waals surface area contributed by atoms with Gasteiger partial charge in [0.15, 0.2) is 0 Å². The third kappa shape index (κ3) is 2.03. The van der Waals surface area contributed by atoms with E-state index < -0.39 is 5.97 Å². The SMILES string of the molecule is CNC(=O)c1ccc(C(=O)O)cc1Cl. The van der Waals surface area contributed by atoms with Gasteiger partial charge in [-0.25, -0.2) is 4.79 Å². The summed E-state index contributed by atoms with van der Waals surface area (Å²) in [6, 6.07) is 3.96. The number of carboxylic acid groups (broad SMARTS) is 1. The lowest BCUT2D eigenvalue weighted by molar-refractivity contribution is 0.0696. The molecule has 0 fully saturated rings. The van der Waals surface area contributed by atoms with Crippen LogP contribution in [0, 0.1) is 0 Å². The summed E-state index contributed by atoms with van der Waals surface area (Å²) in [5.41, 5.74) is 0.321. The van der Waals surface area contributed by atoms with Crippen LogP contribution in [-0.2, 0) is 0 Å². The van der Waals surface area contributed by atoms with E-state index in [4.69, 9.17) is 16.7 Å². The van der Waals surface area contributed by atoms with Crippen LogP contribution in [0.1, 0.15) is 20.7 Å². The van der Waals surface area contributed by atoms with Crippen LogP contribution in [0.3, 0.4) is 0 Å². The molecule has 1 amide bonds. The minimum absolute atomic E-state index is 0.0580. The normalized spacial score (nSPS) is 9.57. The van der Waals surface area contributed by atoms with Crippen LogP contribution in [0.2, 0.25) is 5.02 Å². The summed E-state index contributed by atoms with van der Waals surface area (Å²) in [6.07, 6.45) is 0. The first-order chi connectivity index (χ1) is 6.56. The first-order valence-corrected chi connectivity index (χ1v) is 4.19. The number of hydrogen-bond donors (Lipinski definition) is 2. The van der Waals surface area contributed by atoms with E-state index in [9.17, 15) is 9.59 Å². The third-order valence-corrected chi connectivity index (χ3v) is 2.00. The van der Waals surface area contributed by atoms with Crippen LogP contribution >= 0.6 is 11.6 Å². The number of nitrogens with one attached hydrogen (secondary N) is 1. The molecular weight excluding hydrogens is 206 g/mol. The van der Waals surface area contributed by atoms with Crippen LogP contribution in [0.5, 0.6) is 0 Å². The molecule has 74 valence electrons. The van der Waals surface area contributed by atoms with Gasteiger partial charge in [0, 0.05) is 7.05 Å². The average molecular weight is 214 g/mol. The molecule has 0 saturated carbocycles. The molecule has 4 nitrogen and oxygen atoms in total. The summed E-state index contributed by atoms with van der Waals surface area (Å²) in [7, 11) is 1.48. The molecule has 0 heterocycles. The van der Waals surface area contributed by atoms with E-state index in [0.717, 1.165) is 0 Å². The number of benzene rings is 1. The predicted molar refractivity (Wildman–Crippen MR) is 51.8 cm³/mol. The number of aromatic carboxylic acids is 1. The highest BCUT2D eigenvalue weighted by Gasteiger charge is 2.11. The van der Waals surface area contributed by atoms with Gasteiger partial charge in [-0.2, -0.15) is 0 Å². The second-order valence-electron chi connectivity index (χ2n) is 2.58. The zero-order valence-corrected chi connectivity index (χ0v) is 8.13. The molecule has 0 atom stereocenters. The number of amides is 1. The summed E-state index contributed by atoms with van der Waals surface area (Å²) in [6.45, 7) is 0. The number of hydrogen-bond acceptors (Lipinski definition) is 2. The highest BCUT2D eigenvalue weighted by Crippen LogP contribution is 2.17. The molecule has 0 aliphatic carbocycles. The van der Waals surface area contributed by atoms with Crippen molar-refractivity contribution >= 4 is 23.5 Å². The standard InChI is InChI=1S/C9H8ClNO3/c1-11-8(12)6-3-2-5(9(13)14)4-7(6)10/h2-4H,1H3,(H,11,12)(H,13,14).